The molecule has 0 bridgehead atoms. The molecule has 0 saturated carbocycles. The molecule has 2 aromatic rings. The lowest BCUT2D eigenvalue weighted by Gasteiger charge is -1.91. The van der Waals surface area contributed by atoms with Gasteiger partial charge in [0.2, 0.25) is 0 Å². The zero-order chi connectivity index (χ0) is 10.5. The molecule has 1 unspecified atom stereocenters. The van der Waals surface area contributed by atoms with Gasteiger partial charge in [-0.05, 0) is 17.0 Å². The third-order valence-corrected chi connectivity index (χ3v) is 3.92. The monoisotopic (exact) mass is 235 g/mol. The van der Waals surface area contributed by atoms with E-state index >= 15 is 0 Å². The van der Waals surface area contributed by atoms with Crippen LogP contribution in [0.5, 0.6) is 0 Å². The second-order valence-corrected chi connectivity index (χ2v) is 5.18. The van der Waals surface area contributed by atoms with Crippen molar-refractivity contribution in [3.8, 4) is 0 Å². The SMILES string of the molecule is O=S(/N=C/c1ccccc1)c1cccs1. The van der Waals surface area contributed by atoms with E-state index in [0.29, 0.717) is 0 Å². The van der Waals surface area contributed by atoms with Crippen LogP contribution in [0.2, 0.25) is 0 Å². The molecule has 2 nitrogen and oxygen atoms in total. The maximum Gasteiger partial charge on any atom is 0.182 e. The van der Waals surface area contributed by atoms with Crippen molar-refractivity contribution in [1.82, 2.24) is 0 Å². The lowest BCUT2D eigenvalue weighted by atomic mass is 10.2. The second kappa shape index (κ2) is 5.00. The van der Waals surface area contributed by atoms with Crippen molar-refractivity contribution in [3.63, 3.8) is 0 Å². The minimum atomic E-state index is -1.26. The fraction of sp³-hybridized carbons (Fsp3) is 0. The molecule has 0 aliphatic heterocycles. The van der Waals surface area contributed by atoms with E-state index in [1.54, 1.807) is 6.21 Å². The smallest absolute Gasteiger partial charge is 0.182 e. The highest BCUT2D eigenvalue weighted by Crippen LogP contribution is 2.14. The zero-order valence-corrected chi connectivity index (χ0v) is 9.50. The van der Waals surface area contributed by atoms with Gasteiger partial charge < -0.3 is 0 Å². The van der Waals surface area contributed by atoms with Crippen molar-refractivity contribution < 1.29 is 4.21 Å². The molecule has 0 fully saturated rings. The molecule has 1 aromatic heterocycles. The summed E-state index contributed by atoms with van der Waals surface area (Å²) in [6.45, 7) is 0. The van der Waals surface area contributed by atoms with Crippen molar-refractivity contribution in [1.29, 1.82) is 0 Å². The Morgan fingerprint density at radius 2 is 1.93 bits per heavy atom. The van der Waals surface area contributed by atoms with E-state index in [9.17, 15) is 4.21 Å². The third kappa shape index (κ3) is 2.84. The molecule has 15 heavy (non-hydrogen) atoms. The fourth-order valence-electron chi connectivity index (χ4n) is 1.06. The van der Waals surface area contributed by atoms with Crippen LogP contribution in [-0.2, 0) is 11.0 Å². The van der Waals surface area contributed by atoms with Crippen LogP contribution in [0.1, 0.15) is 5.56 Å². The highest BCUT2D eigenvalue weighted by atomic mass is 32.2. The van der Waals surface area contributed by atoms with Crippen molar-refractivity contribution in [2.45, 2.75) is 4.21 Å². The van der Waals surface area contributed by atoms with Crippen LogP contribution in [0.4, 0.5) is 0 Å². The van der Waals surface area contributed by atoms with Gasteiger partial charge >= 0.3 is 0 Å². The molecule has 0 radical (unpaired) electrons. The lowest BCUT2D eigenvalue weighted by molar-refractivity contribution is 0.686. The third-order valence-electron chi connectivity index (χ3n) is 1.76. The summed E-state index contributed by atoms with van der Waals surface area (Å²) in [5, 5.41) is 1.89. The Bertz CT molecular complexity index is 463. The molecule has 0 aliphatic rings. The van der Waals surface area contributed by atoms with Crippen LogP contribution in [0.3, 0.4) is 0 Å². The Balaban J connectivity index is 2.10. The Morgan fingerprint density at radius 3 is 2.60 bits per heavy atom. The van der Waals surface area contributed by atoms with Crippen LogP contribution in [0, 0.1) is 0 Å². The number of nitrogens with zero attached hydrogens (tertiary/aromatic N) is 1. The van der Waals surface area contributed by atoms with Crippen molar-refractivity contribution in [2.75, 3.05) is 0 Å². The van der Waals surface area contributed by atoms with E-state index < -0.39 is 11.0 Å². The number of hydrogen-bond donors (Lipinski definition) is 0. The van der Waals surface area contributed by atoms with Gasteiger partial charge in [-0.3, -0.25) is 0 Å². The minimum Gasteiger partial charge on any atom is -0.229 e. The van der Waals surface area contributed by atoms with E-state index in [1.165, 1.54) is 11.3 Å². The Hall–Kier alpha value is -1.26. The average Bonchev–Trinajstić information content (AvgIpc) is 2.81. The number of benzene rings is 1. The van der Waals surface area contributed by atoms with E-state index in [4.69, 9.17) is 0 Å². The molecule has 76 valence electrons. The molecule has 0 spiro atoms. The molecule has 1 atom stereocenters. The topological polar surface area (TPSA) is 29.4 Å². The second-order valence-electron chi connectivity index (χ2n) is 2.83. The first kappa shape index (κ1) is 10.3. The van der Waals surface area contributed by atoms with Gasteiger partial charge in [-0.1, -0.05) is 36.4 Å². The van der Waals surface area contributed by atoms with Crippen LogP contribution in [0.25, 0.3) is 0 Å². The summed E-state index contributed by atoms with van der Waals surface area (Å²) in [6, 6.07) is 13.3. The molecule has 2 rings (SSSR count). The van der Waals surface area contributed by atoms with E-state index in [-0.39, 0.29) is 0 Å². The van der Waals surface area contributed by atoms with Crippen LogP contribution >= 0.6 is 11.3 Å². The first-order valence-corrected chi connectivity index (χ1v) is 6.39. The van der Waals surface area contributed by atoms with E-state index in [2.05, 4.69) is 4.40 Å². The lowest BCUT2D eigenvalue weighted by Crippen LogP contribution is -1.85. The van der Waals surface area contributed by atoms with E-state index in [0.717, 1.165) is 9.77 Å². The van der Waals surface area contributed by atoms with Gasteiger partial charge in [0.1, 0.15) is 4.21 Å². The molecule has 0 N–H and O–H groups in total. The van der Waals surface area contributed by atoms with Crippen molar-refractivity contribution in [2.24, 2.45) is 4.40 Å². The van der Waals surface area contributed by atoms with Crippen LogP contribution < -0.4 is 0 Å². The molecule has 4 heteroatoms. The number of hydrogen-bond acceptors (Lipinski definition) is 2. The average molecular weight is 235 g/mol. The standard InChI is InChI=1S/C11H9NOS2/c13-15(11-7-4-8-14-11)12-9-10-5-2-1-3-6-10/h1-9H/b12-9+. The highest BCUT2D eigenvalue weighted by molar-refractivity contribution is 7.86. The molecular formula is C11H9NOS2. The largest absolute Gasteiger partial charge is 0.229 e. The molecule has 1 heterocycles. The number of rotatable bonds is 3. The van der Waals surface area contributed by atoms with Gasteiger partial charge in [0.05, 0.1) is 0 Å². The number of thiophene rings is 1. The molecule has 1 aromatic carbocycles. The van der Waals surface area contributed by atoms with Gasteiger partial charge in [-0.15, -0.1) is 11.3 Å². The Kier molecular flexibility index (Phi) is 3.42. The predicted octanol–water partition coefficient (Wildman–Crippen LogP) is 2.89. The summed E-state index contributed by atoms with van der Waals surface area (Å²) in [5.74, 6) is 0. The predicted molar refractivity (Wildman–Crippen MR) is 64.8 cm³/mol. The summed E-state index contributed by atoms with van der Waals surface area (Å²) in [4.78, 5) is 0. The van der Waals surface area contributed by atoms with Crippen LogP contribution in [0.15, 0.2) is 56.5 Å². The first-order valence-electron chi connectivity index (χ1n) is 4.41. The minimum absolute atomic E-state index is 0.780. The summed E-state index contributed by atoms with van der Waals surface area (Å²) in [7, 11) is -1.26. The van der Waals surface area contributed by atoms with Gasteiger partial charge in [0.25, 0.3) is 0 Å². The zero-order valence-electron chi connectivity index (χ0n) is 7.87. The van der Waals surface area contributed by atoms with E-state index in [1.807, 2.05) is 47.8 Å². The summed E-state index contributed by atoms with van der Waals surface area (Å²) >= 11 is 1.45. The van der Waals surface area contributed by atoms with Gasteiger partial charge in [-0.2, -0.15) is 4.40 Å². The Morgan fingerprint density at radius 1 is 1.13 bits per heavy atom. The van der Waals surface area contributed by atoms with Crippen LogP contribution in [-0.4, -0.2) is 10.4 Å². The first-order chi connectivity index (χ1) is 7.36. The van der Waals surface area contributed by atoms with Crippen molar-refractivity contribution >= 4 is 28.5 Å². The molecular weight excluding hydrogens is 226 g/mol. The normalized spacial score (nSPS) is 13.1. The fourth-order valence-corrected chi connectivity index (χ4v) is 2.65. The van der Waals surface area contributed by atoms with Crippen molar-refractivity contribution in [3.05, 3.63) is 53.4 Å². The molecule has 0 amide bonds. The van der Waals surface area contributed by atoms with Gasteiger partial charge in [0, 0.05) is 6.21 Å². The molecule has 0 saturated heterocycles. The molecule has 0 aliphatic carbocycles. The summed E-state index contributed by atoms with van der Waals surface area (Å²) in [5.41, 5.74) is 0.961. The maximum atomic E-state index is 11.6. The maximum absolute atomic E-state index is 11.6. The van der Waals surface area contributed by atoms with Gasteiger partial charge in [0.15, 0.2) is 11.0 Å². The highest BCUT2D eigenvalue weighted by Gasteiger charge is 2.00. The summed E-state index contributed by atoms with van der Waals surface area (Å²) < 4.78 is 16.4. The Labute approximate surface area is 94.9 Å². The summed E-state index contributed by atoms with van der Waals surface area (Å²) in [6.07, 6.45) is 1.63. The quantitative estimate of drug-likeness (QED) is 0.752. The van der Waals surface area contributed by atoms with Gasteiger partial charge in [-0.25, -0.2) is 4.21 Å².